The van der Waals surface area contributed by atoms with Crippen LogP contribution in [0.5, 0.6) is 0 Å². The summed E-state index contributed by atoms with van der Waals surface area (Å²) in [5.41, 5.74) is 0. The summed E-state index contributed by atoms with van der Waals surface area (Å²) in [7, 11) is 0. The molecule has 0 radical (unpaired) electrons. The highest BCUT2D eigenvalue weighted by Gasteiger charge is 2.34. The van der Waals surface area contributed by atoms with Gasteiger partial charge in [-0.3, -0.25) is 4.89 Å². The van der Waals surface area contributed by atoms with E-state index in [4.69, 9.17) is 28.6 Å². The van der Waals surface area contributed by atoms with Crippen molar-refractivity contribution < 1.29 is 38.3 Å². The van der Waals surface area contributed by atoms with Crippen LogP contribution in [0.2, 0.25) is 0 Å². The van der Waals surface area contributed by atoms with Gasteiger partial charge in [-0.25, -0.2) is 4.79 Å². The molecular weight excluding hydrogens is 284 g/mol. The lowest BCUT2D eigenvalue weighted by molar-refractivity contribution is -0.272. The molecule has 2 unspecified atom stereocenters. The van der Waals surface area contributed by atoms with Crippen LogP contribution in [0.4, 0.5) is 4.79 Å². The molecule has 0 aromatic carbocycles. The Morgan fingerprint density at radius 2 is 1.52 bits per heavy atom. The summed E-state index contributed by atoms with van der Waals surface area (Å²) in [5, 5.41) is 0. The second kappa shape index (κ2) is 6.45. The molecule has 0 aliphatic carbocycles. The highest BCUT2D eigenvalue weighted by molar-refractivity contribution is 5.58. The molecule has 0 saturated carbocycles. The SMILES string of the molecule is CC1(C)OCC(COOC(=O)OCC2COC(C)(C)O2)O1. The minimum atomic E-state index is -0.929. The van der Waals surface area contributed by atoms with Crippen LogP contribution in [0.1, 0.15) is 27.7 Å². The summed E-state index contributed by atoms with van der Waals surface area (Å²) < 4.78 is 26.5. The Bertz CT molecular complexity index is 367. The molecule has 2 rings (SSSR count). The van der Waals surface area contributed by atoms with E-state index in [2.05, 4.69) is 4.89 Å². The predicted octanol–water partition coefficient (Wildman–Crippen LogP) is 1.37. The van der Waals surface area contributed by atoms with Crippen LogP contribution >= 0.6 is 0 Å². The van der Waals surface area contributed by atoms with Gasteiger partial charge in [0, 0.05) is 0 Å². The van der Waals surface area contributed by atoms with E-state index in [-0.39, 0.29) is 25.4 Å². The highest BCUT2D eigenvalue weighted by atomic mass is 17.2. The van der Waals surface area contributed by atoms with Crippen LogP contribution < -0.4 is 0 Å². The smallest absolute Gasteiger partial charge is 0.429 e. The molecule has 8 heteroatoms. The number of ether oxygens (including phenoxy) is 5. The normalized spacial score (nSPS) is 30.3. The largest absolute Gasteiger partial charge is 0.540 e. The topological polar surface area (TPSA) is 81.7 Å². The molecule has 2 aliphatic rings. The van der Waals surface area contributed by atoms with E-state index in [1.54, 1.807) is 27.7 Å². The van der Waals surface area contributed by atoms with Gasteiger partial charge in [-0.1, -0.05) is 0 Å². The maximum Gasteiger partial charge on any atom is 0.540 e. The van der Waals surface area contributed by atoms with Crippen LogP contribution in [0.3, 0.4) is 0 Å². The zero-order valence-electron chi connectivity index (χ0n) is 12.7. The van der Waals surface area contributed by atoms with Gasteiger partial charge < -0.3 is 23.7 Å². The fourth-order valence-electron chi connectivity index (χ4n) is 2.03. The molecule has 0 N–H and O–H groups in total. The van der Waals surface area contributed by atoms with Crippen molar-refractivity contribution in [1.29, 1.82) is 0 Å². The summed E-state index contributed by atoms with van der Waals surface area (Å²) in [6, 6.07) is 0. The lowest BCUT2D eigenvalue weighted by Gasteiger charge is -2.17. The molecule has 2 heterocycles. The molecular formula is C13H22O8. The monoisotopic (exact) mass is 306 g/mol. The second-order valence-electron chi connectivity index (χ2n) is 5.83. The molecule has 2 aliphatic heterocycles. The van der Waals surface area contributed by atoms with Crippen molar-refractivity contribution in [3.63, 3.8) is 0 Å². The Morgan fingerprint density at radius 3 is 2.00 bits per heavy atom. The summed E-state index contributed by atoms with van der Waals surface area (Å²) in [5.74, 6) is -1.29. The quantitative estimate of drug-likeness (QED) is 0.428. The Kier molecular flexibility index (Phi) is 5.05. The van der Waals surface area contributed by atoms with E-state index in [9.17, 15) is 4.79 Å². The first-order valence-corrected chi connectivity index (χ1v) is 6.85. The standard InChI is InChI=1S/C13H22O8/c1-12(2)16-6-9(19-12)5-15-11(14)21-18-8-10-7-17-13(3,4)20-10/h9-10H,5-8H2,1-4H3. The van der Waals surface area contributed by atoms with E-state index < -0.39 is 17.7 Å². The van der Waals surface area contributed by atoms with Gasteiger partial charge in [0.15, 0.2) is 11.6 Å². The van der Waals surface area contributed by atoms with Crippen molar-refractivity contribution >= 4 is 6.16 Å². The van der Waals surface area contributed by atoms with Crippen LogP contribution in [0.15, 0.2) is 0 Å². The first-order valence-electron chi connectivity index (χ1n) is 6.85. The third kappa shape index (κ3) is 5.40. The molecule has 8 nitrogen and oxygen atoms in total. The maximum atomic E-state index is 11.3. The van der Waals surface area contributed by atoms with Crippen molar-refractivity contribution in [1.82, 2.24) is 0 Å². The molecule has 122 valence electrons. The van der Waals surface area contributed by atoms with Crippen LogP contribution in [0.25, 0.3) is 0 Å². The van der Waals surface area contributed by atoms with Gasteiger partial charge in [0.2, 0.25) is 0 Å². The Hall–Kier alpha value is -0.930. The number of rotatable bonds is 5. The third-order valence-corrected chi connectivity index (χ3v) is 2.90. The lowest BCUT2D eigenvalue weighted by Crippen LogP contribution is -2.26. The van der Waals surface area contributed by atoms with Gasteiger partial charge in [-0.05, 0) is 27.7 Å². The molecule has 21 heavy (non-hydrogen) atoms. The van der Waals surface area contributed by atoms with Gasteiger partial charge in [0.25, 0.3) is 0 Å². The number of hydrogen-bond acceptors (Lipinski definition) is 8. The van der Waals surface area contributed by atoms with Crippen LogP contribution in [-0.2, 0) is 33.5 Å². The van der Waals surface area contributed by atoms with Crippen molar-refractivity contribution in [3.8, 4) is 0 Å². The Balaban J connectivity index is 1.54. The van der Waals surface area contributed by atoms with E-state index in [1.165, 1.54) is 0 Å². The van der Waals surface area contributed by atoms with E-state index >= 15 is 0 Å². The van der Waals surface area contributed by atoms with Crippen molar-refractivity contribution in [2.24, 2.45) is 0 Å². The molecule has 0 amide bonds. The van der Waals surface area contributed by atoms with E-state index in [1.807, 2.05) is 0 Å². The molecule has 0 spiro atoms. The van der Waals surface area contributed by atoms with Gasteiger partial charge in [-0.2, -0.15) is 4.89 Å². The van der Waals surface area contributed by atoms with Gasteiger partial charge in [0.05, 0.1) is 13.2 Å². The van der Waals surface area contributed by atoms with Crippen LogP contribution in [-0.4, -0.2) is 56.4 Å². The average Bonchev–Trinajstić information content (AvgIpc) is 2.89. The average molecular weight is 306 g/mol. The zero-order chi connectivity index (χ0) is 15.5. The molecule has 2 saturated heterocycles. The Labute approximate surface area is 123 Å². The molecule has 0 aromatic heterocycles. The number of carbonyl (C=O) groups is 1. The maximum absolute atomic E-state index is 11.3. The molecule has 2 atom stereocenters. The second-order valence-corrected chi connectivity index (χ2v) is 5.83. The number of hydrogen-bond donors (Lipinski definition) is 0. The van der Waals surface area contributed by atoms with Crippen molar-refractivity contribution in [2.45, 2.75) is 51.5 Å². The lowest BCUT2D eigenvalue weighted by atomic mass is 10.4. The van der Waals surface area contributed by atoms with Crippen molar-refractivity contribution in [3.05, 3.63) is 0 Å². The zero-order valence-corrected chi connectivity index (χ0v) is 12.7. The molecule has 2 fully saturated rings. The minimum Gasteiger partial charge on any atom is -0.429 e. The van der Waals surface area contributed by atoms with Gasteiger partial charge in [0.1, 0.15) is 25.4 Å². The Morgan fingerprint density at radius 1 is 1.00 bits per heavy atom. The minimum absolute atomic E-state index is 0.0433. The highest BCUT2D eigenvalue weighted by Crippen LogP contribution is 2.23. The third-order valence-electron chi connectivity index (χ3n) is 2.90. The molecule has 0 bridgehead atoms. The number of carbonyl (C=O) groups excluding carboxylic acids is 1. The van der Waals surface area contributed by atoms with Crippen molar-refractivity contribution in [2.75, 3.05) is 26.4 Å². The summed E-state index contributed by atoms with van der Waals surface area (Å²) in [6.45, 7) is 8.05. The summed E-state index contributed by atoms with van der Waals surface area (Å²) in [4.78, 5) is 20.6. The first-order chi connectivity index (χ1) is 9.76. The van der Waals surface area contributed by atoms with Gasteiger partial charge >= 0.3 is 6.16 Å². The fourth-order valence-corrected chi connectivity index (χ4v) is 2.03. The molecule has 0 aromatic rings. The fraction of sp³-hybridized carbons (Fsp3) is 0.923. The van der Waals surface area contributed by atoms with E-state index in [0.29, 0.717) is 13.2 Å². The van der Waals surface area contributed by atoms with Crippen LogP contribution in [0, 0.1) is 0 Å². The first kappa shape index (κ1) is 16.4. The predicted molar refractivity (Wildman–Crippen MR) is 68.2 cm³/mol. The summed E-state index contributed by atoms with van der Waals surface area (Å²) >= 11 is 0. The summed E-state index contributed by atoms with van der Waals surface area (Å²) in [6.07, 6.45) is -1.51. The van der Waals surface area contributed by atoms with Gasteiger partial charge in [-0.15, -0.1) is 0 Å². The van der Waals surface area contributed by atoms with E-state index in [0.717, 1.165) is 0 Å².